The fourth-order valence-corrected chi connectivity index (χ4v) is 4.88. The number of carbonyl (C=O) groups is 1. The average Bonchev–Trinajstić information content (AvgIpc) is 2.85. The van der Waals surface area contributed by atoms with Crippen LogP contribution in [0.4, 0.5) is 0 Å². The molecule has 0 unspecified atom stereocenters. The standard InChI is InChI=1S/C24H22ClN3O5S/c25-21-9-5-4-8-19(21)15-26-27-24(29)17-28(16-18-6-2-1-3-7-18)34(30,31)20-10-11-22-23(14-20)33-13-12-32-22/h1-11,14-15H,12-13,16-17H2,(H,27,29)/b26-15+. The molecule has 10 heteroatoms. The molecular weight excluding hydrogens is 478 g/mol. The molecular formula is C24H22ClN3O5S. The number of hydrazone groups is 1. The summed E-state index contributed by atoms with van der Waals surface area (Å²) in [6, 6.07) is 20.4. The Labute approximate surface area is 202 Å². The molecule has 0 radical (unpaired) electrons. The van der Waals surface area contributed by atoms with Gasteiger partial charge in [0.1, 0.15) is 13.2 Å². The normalized spacial score (nSPS) is 13.2. The topological polar surface area (TPSA) is 97.3 Å². The maximum atomic E-state index is 13.5. The molecule has 4 rings (SSSR count). The number of benzene rings is 3. The first kappa shape index (κ1) is 23.7. The van der Waals surface area contributed by atoms with Crippen LogP contribution in [0, 0.1) is 0 Å². The SMILES string of the molecule is O=C(CN(Cc1ccccc1)S(=O)(=O)c1ccc2c(c1)OCCO2)N/N=C/c1ccccc1Cl. The van der Waals surface area contributed by atoms with Gasteiger partial charge in [-0.25, -0.2) is 13.8 Å². The van der Waals surface area contributed by atoms with E-state index in [4.69, 9.17) is 21.1 Å². The zero-order valence-electron chi connectivity index (χ0n) is 18.1. The Kier molecular flexibility index (Phi) is 7.46. The highest BCUT2D eigenvalue weighted by Gasteiger charge is 2.28. The van der Waals surface area contributed by atoms with Gasteiger partial charge in [0.05, 0.1) is 17.7 Å². The third kappa shape index (κ3) is 5.74. The van der Waals surface area contributed by atoms with Crippen molar-refractivity contribution in [2.24, 2.45) is 5.10 Å². The second kappa shape index (κ2) is 10.7. The molecule has 8 nitrogen and oxygen atoms in total. The summed E-state index contributed by atoms with van der Waals surface area (Å²) in [7, 11) is -4.05. The van der Waals surface area contributed by atoms with Gasteiger partial charge in [-0.1, -0.05) is 60.1 Å². The summed E-state index contributed by atoms with van der Waals surface area (Å²) in [5, 5.41) is 4.39. The number of carbonyl (C=O) groups excluding carboxylic acids is 1. The minimum Gasteiger partial charge on any atom is -0.486 e. The number of sulfonamides is 1. The van der Waals surface area contributed by atoms with Gasteiger partial charge in [0, 0.05) is 23.2 Å². The Hall–Kier alpha value is -3.40. The fourth-order valence-electron chi connectivity index (χ4n) is 3.30. The molecule has 176 valence electrons. The first-order valence-corrected chi connectivity index (χ1v) is 12.3. The van der Waals surface area contributed by atoms with Gasteiger partial charge in [-0.15, -0.1) is 0 Å². The van der Waals surface area contributed by atoms with Gasteiger partial charge in [0.15, 0.2) is 11.5 Å². The lowest BCUT2D eigenvalue weighted by atomic mass is 10.2. The smallest absolute Gasteiger partial charge is 0.255 e. The van der Waals surface area contributed by atoms with Crippen LogP contribution in [0.3, 0.4) is 0 Å². The van der Waals surface area contributed by atoms with Crippen LogP contribution in [0.15, 0.2) is 82.8 Å². The van der Waals surface area contributed by atoms with Gasteiger partial charge in [0.2, 0.25) is 10.0 Å². The quantitative estimate of drug-likeness (QED) is 0.378. The summed E-state index contributed by atoms with van der Waals surface area (Å²) < 4.78 is 39.1. The van der Waals surface area contributed by atoms with Crippen molar-refractivity contribution in [2.75, 3.05) is 19.8 Å². The van der Waals surface area contributed by atoms with Gasteiger partial charge in [0.25, 0.3) is 5.91 Å². The number of nitrogens with zero attached hydrogens (tertiary/aromatic N) is 2. The molecule has 0 atom stereocenters. The molecule has 1 aliphatic rings. The predicted molar refractivity (Wildman–Crippen MR) is 129 cm³/mol. The van der Waals surface area contributed by atoms with E-state index in [0.29, 0.717) is 35.3 Å². The predicted octanol–water partition coefficient (Wildman–Crippen LogP) is 3.45. The Morgan fingerprint density at radius 3 is 2.47 bits per heavy atom. The van der Waals surface area contributed by atoms with Crippen LogP contribution in [0.5, 0.6) is 11.5 Å². The lowest BCUT2D eigenvalue weighted by Crippen LogP contribution is -2.39. The van der Waals surface area contributed by atoms with Crippen LogP contribution in [0.25, 0.3) is 0 Å². The van der Waals surface area contributed by atoms with E-state index >= 15 is 0 Å². The van der Waals surface area contributed by atoms with Crippen molar-refractivity contribution >= 4 is 33.7 Å². The van der Waals surface area contributed by atoms with E-state index in [-0.39, 0.29) is 11.4 Å². The van der Waals surface area contributed by atoms with Crippen molar-refractivity contribution in [1.29, 1.82) is 0 Å². The number of nitrogens with one attached hydrogen (secondary N) is 1. The lowest BCUT2D eigenvalue weighted by Gasteiger charge is -2.23. The van der Waals surface area contributed by atoms with E-state index in [1.165, 1.54) is 18.3 Å². The van der Waals surface area contributed by atoms with E-state index in [2.05, 4.69) is 10.5 Å². The van der Waals surface area contributed by atoms with E-state index in [0.717, 1.165) is 9.87 Å². The van der Waals surface area contributed by atoms with Gasteiger partial charge in [-0.3, -0.25) is 4.79 Å². The fraction of sp³-hybridized carbons (Fsp3) is 0.167. The van der Waals surface area contributed by atoms with Crippen molar-refractivity contribution < 1.29 is 22.7 Å². The second-order valence-corrected chi connectivity index (χ2v) is 9.72. The van der Waals surface area contributed by atoms with Crippen molar-refractivity contribution in [3.63, 3.8) is 0 Å². The molecule has 34 heavy (non-hydrogen) atoms. The number of amides is 1. The van der Waals surface area contributed by atoms with E-state index in [1.54, 1.807) is 54.6 Å². The minimum absolute atomic E-state index is 0.0000461. The van der Waals surface area contributed by atoms with Gasteiger partial charge in [-0.05, 0) is 23.8 Å². The highest BCUT2D eigenvalue weighted by Crippen LogP contribution is 2.33. The van der Waals surface area contributed by atoms with Crippen molar-refractivity contribution in [3.05, 3.63) is 88.9 Å². The van der Waals surface area contributed by atoms with Crippen LogP contribution in [0.1, 0.15) is 11.1 Å². The summed E-state index contributed by atoms with van der Waals surface area (Å²) in [6.07, 6.45) is 1.40. The summed E-state index contributed by atoms with van der Waals surface area (Å²) in [5.41, 5.74) is 3.72. The van der Waals surface area contributed by atoms with Crippen LogP contribution < -0.4 is 14.9 Å². The van der Waals surface area contributed by atoms with Gasteiger partial charge in [-0.2, -0.15) is 9.41 Å². The highest BCUT2D eigenvalue weighted by atomic mass is 35.5. The third-order valence-corrected chi connectivity index (χ3v) is 7.10. The number of rotatable bonds is 8. The molecule has 0 aliphatic carbocycles. The summed E-state index contributed by atoms with van der Waals surface area (Å²) in [6.45, 7) is 0.287. The zero-order chi connectivity index (χ0) is 24.0. The number of fused-ring (bicyclic) bond motifs is 1. The van der Waals surface area contributed by atoms with Crippen molar-refractivity contribution in [1.82, 2.24) is 9.73 Å². The van der Waals surface area contributed by atoms with Crippen LogP contribution in [-0.4, -0.2) is 44.6 Å². The first-order valence-electron chi connectivity index (χ1n) is 10.4. The average molecular weight is 500 g/mol. The summed E-state index contributed by atoms with van der Waals surface area (Å²) >= 11 is 6.08. The lowest BCUT2D eigenvalue weighted by molar-refractivity contribution is -0.121. The molecule has 1 heterocycles. The number of halogens is 1. The largest absolute Gasteiger partial charge is 0.486 e. The van der Waals surface area contributed by atoms with Crippen LogP contribution in [-0.2, 0) is 21.4 Å². The molecule has 1 amide bonds. The molecule has 0 fully saturated rings. The molecule has 3 aromatic rings. The van der Waals surface area contributed by atoms with Gasteiger partial charge < -0.3 is 9.47 Å². The molecule has 0 aromatic heterocycles. The molecule has 0 bridgehead atoms. The Morgan fingerprint density at radius 1 is 1.00 bits per heavy atom. The maximum absolute atomic E-state index is 13.5. The molecule has 0 saturated heterocycles. The maximum Gasteiger partial charge on any atom is 0.255 e. The van der Waals surface area contributed by atoms with E-state index in [1.807, 2.05) is 6.07 Å². The second-order valence-electron chi connectivity index (χ2n) is 7.38. The van der Waals surface area contributed by atoms with E-state index in [9.17, 15) is 13.2 Å². The minimum atomic E-state index is -4.05. The number of hydrogen-bond donors (Lipinski definition) is 1. The van der Waals surface area contributed by atoms with Crippen LogP contribution >= 0.6 is 11.6 Å². The number of ether oxygens (including phenoxy) is 2. The molecule has 1 aliphatic heterocycles. The monoisotopic (exact) mass is 499 g/mol. The number of hydrogen-bond acceptors (Lipinski definition) is 6. The van der Waals surface area contributed by atoms with Gasteiger partial charge >= 0.3 is 0 Å². The third-order valence-electron chi connectivity index (χ3n) is 4.97. The molecule has 0 saturated carbocycles. The highest BCUT2D eigenvalue weighted by molar-refractivity contribution is 7.89. The first-order chi connectivity index (χ1) is 16.4. The zero-order valence-corrected chi connectivity index (χ0v) is 19.6. The van der Waals surface area contributed by atoms with Crippen molar-refractivity contribution in [2.45, 2.75) is 11.4 Å². The van der Waals surface area contributed by atoms with Crippen LogP contribution in [0.2, 0.25) is 5.02 Å². The summed E-state index contributed by atoms with van der Waals surface area (Å²) in [4.78, 5) is 12.6. The molecule has 1 N–H and O–H groups in total. The Bertz CT molecular complexity index is 1300. The Morgan fingerprint density at radius 2 is 1.71 bits per heavy atom. The Balaban J connectivity index is 1.55. The summed E-state index contributed by atoms with van der Waals surface area (Å²) in [5.74, 6) is 0.229. The van der Waals surface area contributed by atoms with Crippen molar-refractivity contribution in [3.8, 4) is 11.5 Å². The molecule has 3 aromatic carbocycles. The van der Waals surface area contributed by atoms with E-state index < -0.39 is 22.5 Å². The molecule has 0 spiro atoms.